The number of carboxylic acid groups (broad SMARTS) is 2. The summed E-state index contributed by atoms with van der Waals surface area (Å²) in [6.07, 6.45) is 0. The van der Waals surface area contributed by atoms with Gasteiger partial charge in [-0.25, -0.2) is 24.5 Å². The number of aromatic carboxylic acids is 2. The second kappa shape index (κ2) is 4.42. The van der Waals surface area contributed by atoms with Gasteiger partial charge < -0.3 is 20.9 Å². The normalized spacial score (nSPS) is 9.88. The van der Waals surface area contributed by atoms with E-state index in [4.69, 9.17) is 15.9 Å². The Labute approximate surface area is 106 Å². The van der Waals surface area contributed by atoms with Crippen LogP contribution in [0.5, 0.6) is 0 Å². The maximum Gasteiger partial charge on any atom is 0.374 e. The standard InChI is InChI=1S/C7H5N5O4.Zn/c8-2-1-3(11-4(9-1)6(13)14)12-5(10-2)7(15)16;/h(H,13,14)(H,15,16)(H3,8,9,10,11,12);. The molecule has 2 aromatic rings. The third-order valence-corrected chi connectivity index (χ3v) is 1.77. The van der Waals surface area contributed by atoms with Crippen molar-refractivity contribution >= 4 is 28.9 Å². The molecule has 0 fully saturated rings. The molecule has 0 atom stereocenters. The molecule has 0 aliphatic rings. The van der Waals surface area contributed by atoms with Crippen LogP contribution in [0, 0.1) is 0 Å². The summed E-state index contributed by atoms with van der Waals surface area (Å²) in [6.45, 7) is 0. The number of aromatic nitrogens is 4. The summed E-state index contributed by atoms with van der Waals surface area (Å²) >= 11 is 0. The first-order valence-corrected chi connectivity index (χ1v) is 3.99. The van der Waals surface area contributed by atoms with Crippen molar-refractivity contribution in [3.8, 4) is 0 Å². The smallest absolute Gasteiger partial charge is 0.374 e. The zero-order chi connectivity index (χ0) is 11.9. The van der Waals surface area contributed by atoms with Crippen LogP contribution < -0.4 is 5.73 Å². The Hall–Kier alpha value is -2.09. The molecule has 17 heavy (non-hydrogen) atoms. The van der Waals surface area contributed by atoms with Crippen LogP contribution in [-0.4, -0.2) is 42.1 Å². The van der Waals surface area contributed by atoms with Crippen LogP contribution in [0.1, 0.15) is 21.2 Å². The van der Waals surface area contributed by atoms with Crippen molar-refractivity contribution in [1.82, 2.24) is 19.9 Å². The molecule has 0 aliphatic carbocycles. The minimum absolute atomic E-state index is 0. The number of nitrogen functional groups attached to an aromatic ring is 1. The number of carbonyl (C=O) groups is 2. The van der Waals surface area contributed by atoms with Crippen LogP contribution in [-0.2, 0) is 19.5 Å². The van der Waals surface area contributed by atoms with E-state index < -0.39 is 17.8 Å². The number of H-pyrrole nitrogens is 1. The molecule has 84 valence electrons. The largest absolute Gasteiger partial charge is 0.475 e. The van der Waals surface area contributed by atoms with Gasteiger partial charge in [0, 0.05) is 19.5 Å². The molecule has 0 spiro atoms. The van der Waals surface area contributed by atoms with Gasteiger partial charge in [-0.2, -0.15) is 0 Å². The summed E-state index contributed by atoms with van der Waals surface area (Å²) in [6, 6.07) is 0. The maximum absolute atomic E-state index is 10.6. The van der Waals surface area contributed by atoms with Gasteiger partial charge in [0.1, 0.15) is 5.52 Å². The first kappa shape index (κ1) is 13.0. The van der Waals surface area contributed by atoms with Crippen molar-refractivity contribution in [2.24, 2.45) is 0 Å². The maximum atomic E-state index is 10.6. The minimum Gasteiger partial charge on any atom is -0.475 e. The Kier molecular flexibility index (Phi) is 3.37. The number of carboxylic acids is 2. The molecular weight excluding hydrogens is 283 g/mol. The Morgan fingerprint density at radius 2 is 1.76 bits per heavy atom. The molecule has 0 saturated heterocycles. The van der Waals surface area contributed by atoms with Gasteiger partial charge >= 0.3 is 11.9 Å². The molecule has 9 nitrogen and oxygen atoms in total. The third kappa shape index (κ3) is 2.21. The number of anilines is 1. The summed E-state index contributed by atoms with van der Waals surface area (Å²) in [7, 11) is 0. The Morgan fingerprint density at radius 1 is 1.12 bits per heavy atom. The average Bonchev–Trinajstić information content (AvgIpc) is 2.61. The van der Waals surface area contributed by atoms with Gasteiger partial charge in [0.15, 0.2) is 11.5 Å². The number of aromatic amines is 1. The second-order valence-corrected chi connectivity index (χ2v) is 2.83. The number of imidazole rings is 1. The van der Waals surface area contributed by atoms with Gasteiger partial charge in [-0.1, -0.05) is 0 Å². The first-order chi connectivity index (χ1) is 7.49. The molecule has 5 N–H and O–H groups in total. The van der Waals surface area contributed by atoms with Crippen LogP contribution in [0.4, 0.5) is 5.82 Å². The summed E-state index contributed by atoms with van der Waals surface area (Å²) in [4.78, 5) is 34.2. The topological polar surface area (TPSA) is 155 Å². The molecule has 0 saturated carbocycles. The Morgan fingerprint density at radius 3 is 2.29 bits per heavy atom. The number of nitrogens with two attached hydrogens (primary N) is 1. The number of hydrogen-bond donors (Lipinski definition) is 4. The summed E-state index contributed by atoms with van der Waals surface area (Å²) in [5.74, 6) is -3.74. The fourth-order valence-corrected chi connectivity index (χ4v) is 1.12. The average molecular weight is 289 g/mol. The van der Waals surface area contributed by atoms with Crippen molar-refractivity contribution in [1.29, 1.82) is 0 Å². The van der Waals surface area contributed by atoms with E-state index in [0.29, 0.717) is 0 Å². The van der Waals surface area contributed by atoms with Crippen LogP contribution in [0.3, 0.4) is 0 Å². The third-order valence-electron chi connectivity index (χ3n) is 1.77. The summed E-state index contributed by atoms with van der Waals surface area (Å²) < 4.78 is 0. The number of nitrogens with zero attached hydrogens (tertiary/aromatic N) is 3. The number of rotatable bonds is 2. The molecule has 0 unspecified atom stereocenters. The van der Waals surface area contributed by atoms with Gasteiger partial charge in [0.2, 0.25) is 11.6 Å². The van der Waals surface area contributed by atoms with E-state index in [-0.39, 0.29) is 42.3 Å². The molecular formula is C7H5N5O4Zn. The van der Waals surface area contributed by atoms with E-state index in [2.05, 4.69) is 19.9 Å². The van der Waals surface area contributed by atoms with E-state index in [9.17, 15) is 9.59 Å². The fourth-order valence-electron chi connectivity index (χ4n) is 1.12. The van der Waals surface area contributed by atoms with E-state index in [1.54, 1.807) is 0 Å². The van der Waals surface area contributed by atoms with Gasteiger partial charge in [0.05, 0.1) is 0 Å². The van der Waals surface area contributed by atoms with Crippen molar-refractivity contribution < 1.29 is 39.3 Å². The molecule has 0 aromatic carbocycles. The van der Waals surface area contributed by atoms with E-state index in [1.807, 2.05) is 0 Å². The molecule has 0 amide bonds. The zero-order valence-corrected chi connectivity index (χ0v) is 11.3. The molecule has 0 radical (unpaired) electrons. The van der Waals surface area contributed by atoms with Crippen molar-refractivity contribution in [3.63, 3.8) is 0 Å². The van der Waals surface area contributed by atoms with Crippen LogP contribution in [0.2, 0.25) is 0 Å². The van der Waals surface area contributed by atoms with Crippen molar-refractivity contribution in [3.05, 3.63) is 11.6 Å². The van der Waals surface area contributed by atoms with E-state index in [1.165, 1.54) is 0 Å². The van der Waals surface area contributed by atoms with Crippen molar-refractivity contribution in [2.45, 2.75) is 0 Å². The fraction of sp³-hybridized carbons (Fsp3) is 0. The monoisotopic (exact) mass is 287 g/mol. The molecule has 10 heteroatoms. The Bertz CT molecular complexity index is 610. The number of nitrogens with one attached hydrogen (secondary N) is 1. The van der Waals surface area contributed by atoms with Gasteiger partial charge in [0.25, 0.3) is 0 Å². The van der Waals surface area contributed by atoms with Crippen LogP contribution in [0.15, 0.2) is 0 Å². The quantitative estimate of drug-likeness (QED) is 0.530. The second-order valence-electron chi connectivity index (χ2n) is 2.83. The van der Waals surface area contributed by atoms with Gasteiger partial charge in [-0.05, 0) is 0 Å². The van der Waals surface area contributed by atoms with Gasteiger partial charge in [-0.15, -0.1) is 0 Å². The van der Waals surface area contributed by atoms with Crippen molar-refractivity contribution in [2.75, 3.05) is 5.73 Å². The minimum atomic E-state index is -1.37. The predicted octanol–water partition coefficient (Wildman–Crippen LogP) is -0.671. The Balaban J connectivity index is 0.00000144. The first-order valence-electron chi connectivity index (χ1n) is 3.99. The van der Waals surface area contributed by atoms with E-state index >= 15 is 0 Å². The number of hydrogen-bond acceptors (Lipinski definition) is 6. The molecule has 2 rings (SSSR count). The van der Waals surface area contributed by atoms with Crippen LogP contribution >= 0.6 is 0 Å². The summed E-state index contributed by atoms with van der Waals surface area (Å²) in [5, 5.41) is 17.3. The number of fused-ring (bicyclic) bond motifs is 1. The molecule has 0 bridgehead atoms. The molecule has 2 heterocycles. The zero-order valence-electron chi connectivity index (χ0n) is 8.34. The van der Waals surface area contributed by atoms with E-state index in [0.717, 1.165) is 0 Å². The molecule has 2 aromatic heterocycles. The SMILES string of the molecule is Nc1nc(C(=O)O)nc2nc(C(=O)O)[nH]c12.[Zn]. The summed E-state index contributed by atoms with van der Waals surface area (Å²) in [5.41, 5.74) is 5.43. The predicted molar refractivity (Wildman–Crippen MR) is 50.0 cm³/mol. The van der Waals surface area contributed by atoms with Gasteiger partial charge in [-0.3, -0.25) is 0 Å². The molecule has 0 aliphatic heterocycles. The van der Waals surface area contributed by atoms with Crippen LogP contribution in [0.25, 0.3) is 11.2 Å².